The van der Waals surface area contributed by atoms with Gasteiger partial charge in [0.25, 0.3) is 0 Å². The van der Waals surface area contributed by atoms with Gasteiger partial charge in [-0.1, -0.05) is 40.5 Å². The van der Waals surface area contributed by atoms with E-state index in [0.29, 0.717) is 23.7 Å². The van der Waals surface area contributed by atoms with Gasteiger partial charge in [0.2, 0.25) is 0 Å². The third kappa shape index (κ3) is 4.01. The van der Waals surface area contributed by atoms with Crippen molar-refractivity contribution in [2.45, 2.75) is 84.8 Å². The van der Waals surface area contributed by atoms with E-state index in [1.807, 2.05) is 0 Å². The topological polar surface area (TPSA) is 40.5 Å². The van der Waals surface area contributed by atoms with Crippen molar-refractivity contribution in [3.63, 3.8) is 0 Å². The van der Waals surface area contributed by atoms with Crippen LogP contribution in [0.1, 0.15) is 72.6 Å². The standard InChI is InChI=1S/C19H36O2/c1-5-14-7-12(3)9-16(18(14)20)11-17-10-13(4)8-15(6-2)19(17)21/h12-21H,5-11H2,1-4H3. The quantitative estimate of drug-likeness (QED) is 0.814. The van der Waals surface area contributed by atoms with Crippen LogP contribution in [0.15, 0.2) is 0 Å². The SMILES string of the molecule is CCC1CC(C)CC(CC2CC(C)CC(CC)C2O)C1O. The first-order valence-electron chi connectivity index (χ1n) is 9.32. The fraction of sp³-hybridized carbons (Fsp3) is 1.00. The minimum Gasteiger partial charge on any atom is -0.393 e. The highest BCUT2D eigenvalue weighted by atomic mass is 16.3. The lowest BCUT2D eigenvalue weighted by molar-refractivity contribution is -0.0504. The average Bonchev–Trinajstić information content (AvgIpc) is 2.45. The van der Waals surface area contributed by atoms with E-state index in [0.717, 1.165) is 43.9 Å². The smallest absolute Gasteiger partial charge is 0.0596 e. The molecule has 8 unspecified atom stereocenters. The molecule has 0 amide bonds. The molecule has 8 atom stereocenters. The Hall–Kier alpha value is -0.0800. The maximum absolute atomic E-state index is 10.7. The molecule has 2 heteroatoms. The van der Waals surface area contributed by atoms with E-state index in [1.165, 1.54) is 12.8 Å². The predicted molar refractivity (Wildman–Crippen MR) is 88.0 cm³/mol. The Morgan fingerprint density at radius 3 is 1.33 bits per heavy atom. The Kier molecular flexibility index (Phi) is 6.14. The molecule has 0 bridgehead atoms. The summed E-state index contributed by atoms with van der Waals surface area (Å²) in [6.45, 7) is 9.06. The number of aliphatic hydroxyl groups is 2. The molecule has 2 fully saturated rings. The maximum atomic E-state index is 10.7. The Labute approximate surface area is 131 Å². The first-order chi connectivity index (χ1) is 9.96. The molecule has 124 valence electrons. The molecule has 0 saturated heterocycles. The molecular formula is C19H36O2. The lowest BCUT2D eigenvalue weighted by Gasteiger charge is -2.43. The van der Waals surface area contributed by atoms with Crippen LogP contribution < -0.4 is 0 Å². The zero-order chi connectivity index (χ0) is 15.6. The van der Waals surface area contributed by atoms with Crippen LogP contribution in [-0.4, -0.2) is 22.4 Å². The minimum atomic E-state index is -0.143. The monoisotopic (exact) mass is 296 g/mol. The Morgan fingerprint density at radius 1 is 0.667 bits per heavy atom. The van der Waals surface area contributed by atoms with Gasteiger partial charge in [-0.25, -0.2) is 0 Å². The van der Waals surface area contributed by atoms with Gasteiger partial charge in [0, 0.05) is 0 Å². The van der Waals surface area contributed by atoms with E-state index in [1.54, 1.807) is 0 Å². The zero-order valence-corrected chi connectivity index (χ0v) is 14.5. The second-order valence-electron chi connectivity index (χ2n) is 8.23. The van der Waals surface area contributed by atoms with Crippen molar-refractivity contribution in [2.75, 3.05) is 0 Å². The first kappa shape index (κ1) is 17.3. The van der Waals surface area contributed by atoms with Gasteiger partial charge >= 0.3 is 0 Å². The number of hydrogen-bond donors (Lipinski definition) is 2. The third-order valence-corrected chi connectivity index (χ3v) is 6.41. The van der Waals surface area contributed by atoms with Crippen LogP contribution in [0, 0.1) is 35.5 Å². The first-order valence-corrected chi connectivity index (χ1v) is 9.32. The van der Waals surface area contributed by atoms with Gasteiger partial charge in [-0.05, 0) is 67.6 Å². The molecule has 2 aliphatic rings. The minimum absolute atomic E-state index is 0.143. The Morgan fingerprint density at radius 2 is 1.00 bits per heavy atom. The van der Waals surface area contributed by atoms with Crippen molar-refractivity contribution in [1.82, 2.24) is 0 Å². The highest BCUT2D eigenvalue weighted by Gasteiger charge is 2.40. The lowest BCUT2D eigenvalue weighted by Crippen LogP contribution is -2.42. The molecule has 2 nitrogen and oxygen atoms in total. The third-order valence-electron chi connectivity index (χ3n) is 6.41. The molecule has 0 aliphatic heterocycles. The van der Waals surface area contributed by atoms with E-state index in [-0.39, 0.29) is 12.2 Å². The zero-order valence-electron chi connectivity index (χ0n) is 14.5. The summed E-state index contributed by atoms with van der Waals surface area (Å²) in [4.78, 5) is 0. The molecule has 0 radical (unpaired) electrons. The molecule has 2 rings (SSSR count). The van der Waals surface area contributed by atoms with Crippen LogP contribution in [0.4, 0.5) is 0 Å². The molecule has 0 spiro atoms. The van der Waals surface area contributed by atoms with Gasteiger partial charge in [-0.15, -0.1) is 0 Å². The fourth-order valence-electron chi connectivity index (χ4n) is 5.26. The number of hydrogen-bond acceptors (Lipinski definition) is 2. The molecule has 0 aromatic heterocycles. The number of aliphatic hydroxyl groups excluding tert-OH is 2. The van der Waals surface area contributed by atoms with Gasteiger partial charge in [0.15, 0.2) is 0 Å². The average molecular weight is 296 g/mol. The summed E-state index contributed by atoms with van der Waals surface area (Å²) < 4.78 is 0. The molecule has 0 aromatic carbocycles. The highest BCUT2D eigenvalue weighted by molar-refractivity contribution is 4.90. The van der Waals surface area contributed by atoms with Gasteiger partial charge in [-0.3, -0.25) is 0 Å². The lowest BCUT2D eigenvalue weighted by atomic mass is 9.65. The highest BCUT2D eigenvalue weighted by Crippen LogP contribution is 2.43. The van der Waals surface area contributed by atoms with E-state index in [2.05, 4.69) is 27.7 Å². The molecule has 2 aliphatic carbocycles. The molecule has 2 saturated carbocycles. The van der Waals surface area contributed by atoms with E-state index < -0.39 is 0 Å². The summed E-state index contributed by atoms with van der Waals surface area (Å²) in [6, 6.07) is 0. The summed E-state index contributed by atoms with van der Waals surface area (Å²) in [6.07, 6.45) is 7.56. The molecule has 0 heterocycles. The summed E-state index contributed by atoms with van der Waals surface area (Å²) in [5.41, 5.74) is 0. The second-order valence-corrected chi connectivity index (χ2v) is 8.23. The van der Waals surface area contributed by atoms with E-state index in [9.17, 15) is 10.2 Å². The number of rotatable bonds is 4. The van der Waals surface area contributed by atoms with Crippen LogP contribution in [0.3, 0.4) is 0 Å². The second kappa shape index (κ2) is 7.46. The summed E-state index contributed by atoms with van der Waals surface area (Å²) in [5, 5.41) is 21.3. The van der Waals surface area contributed by atoms with Crippen LogP contribution >= 0.6 is 0 Å². The van der Waals surface area contributed by atoms with Crippen LogP contribution in [-0.2, 0) is 0 Å². The molecule has 2 N–H and O–H groups in total. The van der Waals surface area contributed by atoms with E-state index in [4.69, 9.17) is 0 Å². The van der Waals surface area contributed by atoms with Crippen LogP contribution in [0.25, 0.3) is 0 Å². The van der Waals surface area contributed by atoms with Crippen molar-refractivity contribution in [1.29, 1.82) is 0 Å². The molecular weight excluding hydrogens is 260 g/mol. The van der Waals surface area contributed by atoms with Gasteiger partial charge in [0.1, 0.15) is 0 Å². The van der Waals surface area contributed by atoms with Crippen molar-refractivity contribution >= 4 is 0 Å². The Bertz CT molecular complexity index is 287. The summed E-state index contributed by atoms with van der Waals surface area (Å²) in [5.74, 6) is 3.20. The summed E-state index contributed by atoms with van der Waals surface area (Å²) >= 11 is 0. The fourth-order valence-corrected chi connectivity index (χ4v) is 5.26. The normalized spacial score (nSPS) is 48.3. The van der Waals surface area contributed by atoms with Gasteiger partial charge in [-0.2, -0.15) is 0 Å². The van der Waals surface area contributed by atoms with Crippen LogP contribution in [0.5, 0.6) is 0 Å². The van der Waals surface area contributed by atoms with Crippen molar-refractivity contribution in [2.24, 2.45) is 35.5 Å². The van der Waals surface area contributed by atoms with Crippen molar-refractivity contribution in [3.05, 3.63) is 0 Å². The van der Waals surface area contributed by atoms with Gasteiger partial charge < -0.3 is 10.2 Å². The van der Waals surface area contributed by atoms with Crippen molar-refractivity contribution in [3.8, 4) is 0 Å². The van der Waals surface area contributed by atoms with Crippen LogP contribution in [0.2, 0.25) is 0 Å². The van der Waals surface area contributed by atoms with Gasteiger partial charge in [0.05, 0.1) is 12.2 Å². The predicted octanol–water partition coefficient (Wildman–Crippen LogP) is 4.24. The molecule has 21 heavy (non-hydrogen) atoms. The Balaban J connectivity index is 2.01. The summed E-state index contributed by atoms with van der Waals surface area (Å²) in [7, 11) is 0. The van der Waals surface area contributed by atoms with E-state index >= 15 is 0 Å². The van der Waals surface area contributed by atoms with Crippen molar-refractivity contribution < 1.29 is 10.2 Å². The maximum Gasteiger partial charge on any atom is 0.0596 e. The molecule has 0 aromatic rings. The largest absolute Gasteiger partial charge is 0.393 e.